The molecule has 2 fully saturated rings. The van der Waals surface area contributed by atoms with Crippen LogP contribution in [0.4, 0.5) is 0 Å². The number of rotatable bonds is 7. The van der Waals surface area contributed by atoms with Crippen LogP contribution in [0.1, 0.15) is 19.3 Å². The molecule has 8 heteroatoms. The lowest BCUT2D eigenvalue weighted by atomic mass is 9.86. The van der Waals surface area contributed by atoms with E-state index in [1.54, 1.807) is 18.4 Å². The maximum atomic E-state index is 12.9. The Kier molecular flexibility index (Phi) is 6.55. The summed E-state index contributed by atoms with van der Waals surface area (Å²) < 4.78 is 5.75. The topological polar surface area (TPSA) is 91.1 Å². The number of nitrogens with two attached hydrogens (primary N) is 1. The highest BCUT2D eigenvalue weighted by molar-refractivity contribution is 6.22. The van der Waals surface area contributed by atoms with Crippen LogP contribution >= 0.6 is 0 Å². The molecule has 0 spiro atoms. The molecule has 3 heterocycles. The van der Waals surface area contributed by atoms with Gasteiger partial charge < -0.3 is 25.6 Å². The number of nitrogens with one attached hydrogen (secondary N) is 1. The van der Waals surface area contributed by atoms with Gasteiger partial charge in [0.25, 0.3) is 0 Å². The Bertz CT molecular complexity index is 761. The highest BCUT2D eigenvalue weighted by atomic mass is 16.5. The highest BCUT2D eigenvalue weighted by Crippen LogP contribution is 2.25. The third-order valence-corrected chi connectivity index (χ3v) is 6.50. The molecule has 4 aliphatic rings. The lowest BCUT2D eigenvalue weighted by molar-refractivity contribution is -0.122. The lowest BCUT2D eigenvalue weighted by Crippen LogP contribution is -2.50. The predicted octanol–water partition coefficient (Wildman–Crippen LogP) is -0.161. The van der Waals surface area contributed by atoms with Gasteiger partial charge in [0.05, 0.1) is 6.10 Å². The Balaban J connectivity index is 1.24. The molecule has 2 atom stereocenters. The van der Waals surface area contributed by atoms with Crippen molar-refractivity contribution >= 4 is 11.6 Å². The van der Waals surface area contributed by atoms with Gasteiger partial charge in [-0.15, -0.1) is 0 Å². The van der Waals surface area contributed by atoms with E-state index < -0.39 is 6.04 Å². The van der Waals surface area contributed by atoms with E-state index in [0.717, 1.165) is 52.3 Å². The van der Waals surface area contributed by atoms with Crippen molar-refractivity contribution in [2.75, 3.05) is 59.5 Å². The number of carbonyl (C=O) groups is 2. The summed E-state index contributed by atoms with van der Waals surface area (Å²) in [5.41, 5.74) is 6.89. The van der Waals surface area contributed by atoms with Gasteiger partial charge in [0.2, 0.25) is 11.6 Å². The number of nitrogens with zero attached hydrogens (tertiary/aromatic N) is 3. The van der Waals surface area contributed by atoms with Crippen molar-refractivity contribution in [2.45, 2.75) is 31.4 Å². The minimum absolute atomic E-state index is 0.0600. The van der Waals surface area contributed by atoms with Crippen molar-refractivity contribution in [2.24, 2.45) is 5.73 Å². The van der Waals surface area contributed by atoms with E-state index in [4.69, 9.17) is 10.5 Å². The second-order valence-corrected chi connectivity index (χ2v) is 8.59. The van der Waals surface area contributed by atoms with E-state index in [1.165, 1.54) is 12.8 Å². The molecule has 0 radical (unpaired) electrons. The number of allylic oxidation sites excluding steroid dienone is 3. The van der Waals surface area contributed by atoms with Gasteiger partial charge in [-0.2, -0.15) is 0 Å². The van der Waals surface area contributed by atoms with E-state index in [2.05, 4.69) is 15.1 Å². The minimum atomic E-state index is -0.621. The van der Waals surface area contributed by atoms with Gasteiger partial charge in [0.15, 0.2) is 0 Å². The van der Waals surface area contributed by atoms with Crippen LogP contribution in [-0.2, 0) is 14.3 Å². The van der Waals surface area contributed by atoms with E-state index in [1.807, 2.05) is 11.9 Å². The summed E-state index contributed by atoms with van der Waals surface area (Å²) in [7, 11) is 1.85. The largest absolute Gasteiger partial charge is 0.394 e. The van der Waals surface area contributed by atoms with Gasteiger partial charge in [0.1, 0.15) is 17.4 Å². The first-order valence-electron chi connectivity index (χ1n) is 11.0. The van der Waals surface area contributed by atoms with E-state index in [0.29, 0.717) is 23.9 Å². The molecule has 2 unspecified atom stereocenters. The molecule has 4 rings (SSSR count). The summed E-state index contributed by atoms with van der Waals surface area (Å²) in [5.74, 6) is -0.381. The van der Waals surface area contributed by atoms with E-state index in [9.17, 15) is 9.59 Å². The van der Waals surface area contributed by atoms with Crippen LogP contribution in [0.2, 0.25) is 0 Å². The summed E-state index contributed by atoms with van der Waals surface area (Å²) in [6.07, 6.45) is 8.81. The number of piperazine rings is 1. The minimum Gasteiger partial charge on any atom is -0.394 e. The number of dihydropyridines is 1. The molecule has 0 aromatic carbocycles. The fraction of sp³-hybridized carbons (Fsp3) is 0.636. The molecule has 1 aliphatic carbocycles. The summed E-state index contributed by atoms with van der Waals surface area (Å²) in [4.78, 5) is 32.3. The van der Waals surface area contributed by atoms with Crippen LogP contribution in [0, 0.1) is 0 Å². The first-order chi connectivity index (χ1) is 14.5. The maximum absolute atomic E-state index is 12.9. The lowest BCUT2D eigenvalue weighted by Gasteiger charge is -2.36. The Labute approximate surface area is 178 Å². The van der Waals surface area contributed by atoms with Crippen molar-refractivity contribution in [1.29, 1.82) is 0 Å². The molecule has 0 aromatic rings. The molecule has 0 aromatic heterocycles. The summed E-state index contributed by atoms with van der Waals surface area (Å²) in [5, 5.41) is 2.99. The van der Waals surface area contributed by atoms with Crippen molar-refractivity contribution in [3.8, 4) is 0 Å². The molecule has 0 amide bonds. The van der Waals surface area contributed by atoms with Crippen molar-refractivity contribution in [1.82, 2.24) is 20.0 Å². The first kappa shape index (κ1) is 21.1. The monoisotopic (exact) mass is 415 g/mol. The quantitative estimate of drug-likeness (QED) is 0.593. The third kappa shape index (κ3) is 4.45. The molecular formula is C22H33N5O3. The maximum Gasteiger partial charge on any atom is 0.209 e. The molecule has 3 aliphatic heterocycles. The third-order valence-electron chi connectivity index (χ3n) is 6.50. The normalized spacial score (nSPS) is 27.8. The smallest absolute Gasteiger partial charge is 0.209 e. The number of ether oxygens (including phenoxy) is 1. The number of carbonyl (C=O) groups excluding carboxylic acids is 2. The SMILES string of the molecule is CN(CCCN1CCN(CC2CCCO2)CC1)C1=C(N)C(=O)C2=CC=CNC2C1=O. The molecule has 3 N–H and O–H groups in total. The van der Waals surface area contributed by atoms with Crippen LogP contribution < -0.4 is 11.1 Å². The Morgan fingerprint density at radius 3 is 2.73 bits per heavy atom. The van der Waals surface area contributed by atoms with Gasteiger partial charge in [-0.1, -0.05) is 6.08 Å². The van der Waals surface area contributed by atoms with Gasteiger partial charge in [-0.25, -0.2) is 0 Å². The highest BCUT2D eigenvalue weighted by Gasteiger charge is 2.39. The average molecular weight is 416 g/mol. The fourth-order valence-corrected chi connectivity index (χ4v) is 4.75. The van der Waals surface area contributed by atoms with Gasteiger partial charge in [0, 0.05) is 58.5 Å². The van der Waals surface area contributed by atoms with Crippen molar-refractivity contribution in [3.63, 3.8) is 0 Å². The molecule has 164 valence electrons. The molecular weight excluding hydrogens is 382 g/mol. The molecule has 0 bridgehead atoms. The van der Waals surface area contributed by atoms with Crippen LogP contribution in [0.15, 0.2) is 35.3 Å². The van der Waals surface area contributed by atoms with E-state index in [-0.39, 0.29) is 17.3 Å². The summed E-state index contributed by atoms with van der Waals surface area (Å²) in [6, 6.07) is -0.621. The zero-order chi connectivity index (χ0) is 21.1. The fourth-order valence-electron chi connectivity index (χ4n) is 4.75. The predicted molar refractivity (Wildman–Crippen MR) is 114 cm³/mol. The van der Waals surface area contributed by atoms with Crippen LogP contribution in [0.3, 0.4) is 0 Å². The standard InChI is InChI=1S/C22H33N5O3/c1-25(20-18(23)21(28)17-6-2-7-24-19(17)22(20)29)8-4-9-26-10-12-27(13-11-26)15-16-5-3-14-30-16/h2,6-7,16,19,24H,3-5,8-15,23H2,1H3. The molecule has 0 saturated carbocycles. The molecule has 8 nitrogen and oxygen atoms in total. The van der Waals surface area contributed by atoms with Gasteiger partial charge in [-0.05, 0) is 38.1 Å². The second kappa shape index (κ2) is 9.32. The zero-order valence-corrected chi connectivity index (χ0v) is 17.8. The van der Waals surface area contributed by atoms with Crippen LogP contribution in [-0.4, -0.2) is 97.9 Å². The average Bonchev–Trinajstić information content (AvgIpc) is 3.27. The van der Waals surface area contributed by atoms with Crippen LogP contribution in [0.25, 0.3) is 0 Å². The van der Waals surface area contributed by atoms with E-state index >= 15 is 0 Å². The van der Waals surface area contributed by atoms with Crippen molar-refractivity contribution in [3.05, 3.63) is 35.3 Å². The van der Waals surface area contributed by atoms with Gasteiger partial charge in [-0.3, -0.25) is 14.5 Å². The Morgan fingerprint density at radius 2 is 2.00 bits per heavy atom. The number of fused-ring (bicyclic) bond motifs is 1. The van der Waals surface area contributed by atoms with Crippen LogP contribution in [0.5, 0.6) is 0 Å². The van der Waals surface area contributed by atoms with Crippen molar-refractivity contribution < 1.29 is 14.3 Å². The molecule has 2 saturated heterocycles. The van der Waals surface area contributed by atoms with Gasteiger partial charge >= 0.3 is 0 Å². The Morgan fingerprint density at radius 1 is 1.23 bits per heavy atom. The second-order valence-electron chi connectivity index (χ2n) is 8.59. The summed E-state index contributed by atoms with van der Waals surface area (Å²) in [6.45, 7) is 7.92. The molecule has 30 heavy (non-hydrogen) atoms. The zero-order valence-electron chi connectivity index (χ0n) is 17.8. The number of hydrogen-bond donors (Lipinski definition) is 2. The number of ketones is 2. The number of Topliss-reactive ketones (excluding diaryl/α,β-unsaturated/α-hetero) is 2. The number of likely N-dealkylation sites (N-methyl/N-ethyl adjacent to an activating group) is 1. The first-order valence-corrected chi connectivity index (χ1v) is 11.0. The number of hydrogen-bond acceptors (Lipinski definition) is 8. The summed E-state index contributed by atoms with van der Waals surface area (Å²) >= 11 is 0. The Hall–Kier alpha value is -2.16.